The largest absolute Gasteiger partial charge is 0.485 e. The molecular formula is C20H22N4O3. The number of ether oxygens (including phenoxy) is 1. The molecule has 27 heavy (non-hydrogen) atoms. The minimum Gasteiger partial charge on any atom is -0.485 e. The Labute approximate surface area is 158 Å². The van der Waals surface area contributed by atoms with Gasteiger partial charge in [-0.05, 0) is 38.0 Å². The zero-order chi connectivity index (χ0) is 19.4. The van der Waals surface area contributed by atoms with Crippen molar-refractivity contribution in [2.45, 2.75) is 33.4 Å². The van der Waals surface area contributed by atoms with E-state index in [9.17, 15) is 4.79 Å². The number of carbonyl (C=O) groups is 1. The third kappa shape index (κ3) is 4.13. The highest BCUT2D eigenvalue weighted by Gasteiger charge is 2.23. The Kier molecular flexibility index (Phi) is 5.49. The molecule has 1 amide bonds. The highest BCUT2D eigenvalue weighted by molar-refractivity contribution is 5.92. The van der Waals surface area contributed by atoms with Crippen molar-refractivity contribution in [3.63, 3.8) is 0 Å². The fourth-order valence-electron chi connectivity index (χ4n) is 2.75. The van der Waals surface area contributed by atoms with Crippen LogP contribution in [-0.4, -0.2) is 33.0 Å². The average molecular weight is 366 g/mol. The monoisotopic (exact) mass is 366 g/mol. The molecule has 2 aromatic heterocycles. The molecule has 0 bridgehead atoms. The van der Waals surface area contributed by atoms with Gasteiger partial charge in [-0.3, -0.25) is 4.79 Å². The molecule has 0 radical (unpaired) electrons. The zero-order valence-electron chi connectivity index (χ0n) is 15.8. The lowest BCUT2D eigenvalue weighted by Crippen LogP contribution is -2.30. The topological polar surface area (TPSA) is 81.4 Å². The van der Waals surface area contributed by atoms with Gasteiger partial charge in [0.15, 0.2) is 11.5 Å². The minimum absolute atomic E-state index is 0.206. The van der Waals surface area contributed by atoms with Crippen LogP contribution in [0.5, 0.6) is 5.75 Å². The van der Waals surface area contributed by atoms with Gasteiger partial charge in [0.2, 0.25) is 0 Å². The van der Waals surface area contributed by atoms with Crippen LogP contribution in [0, 0.1) is 13.8 Å². The first kappa shape index (κ1) is 18.6. The fourth-order valence-corrected chi connectivity index (χ4v) is 2.75. The van der Waals surface area contributed by atoms with Crippen LogP contribution < -0.4 is 4.74 Å². The lowest BCUT2D eigenvalue weighted by molar-refractivity contribution is 0.0729. The maximum Gasteiger partial charge on any atom is 0.276 e. The van der Waals surface area contributed by atoms with E-state index in [-0.39, 0.29) is 24.2 Å². The number of aryl methyl sites for hydroxylation is 2. The summed E-state index contributed by atoms with van der Waals surface area (Å²) in [7, 11) is 1.71. The third-order valence-electron chi connectivity index (χ3n) is 4.48. The van der Waals surface area contributed by atoms with Gasteiger partial charge in [-0.15, -0.1) is 0 Å². The van der Waals surface area contributed by atoms with Crippen molar-refractivity contribution in [3.8, 4) is 5.75 Å². The number of hydrogen-bond acceptors (Lipinski definition) is 6. The van der Waals surface area contributed by atoms with Crippen molar-refractivity contribution in [3.05, 3.63) is 71.1 Å². The summed E-state index contributed by atoms with van der Waals surface area (Å²) in [5.74, 6) is 1.06. The number of para-hydroxylation sites is 1. The van der Waals surface area contributed by atoms with Gasteiger partial charge in [0.25, 0.3) is 5.91 Å². The first-order valence-corrected chi connectivity index (χ1v) is 8.65. The summed E-state index contributed by atoms with van der Waals surface area (Å²) in [6, 6.07) is 9.13. The number of rotatable bonds is 6. The fraction of sp³-hybridized carbons (Fsp3) is 0.300. The molecule has 0 saturated carbocycles. The van der Waals surface area contributed by atoms with Gasteiger partial charge >= 0.3 is 0 Å². The van der Waals surface area contributed by atoms with Crippen LogP contribution in [0.15, 0.2) is 47.4 Å². The van der Waals surface area contributed by atoms with E-state index in [1.54, 1.807) is 30.3 Å². The minimum atomic E-state index is -0.247. The van der Waals surface area contributed by atoms with Crippen LogP contribution in [0.2, 0.25) is 0 Å². The van der Waals surface area contributed by atoms with Crippen molar-refractivity contribution in [2.24, 2.45) is 0 Å². The van der Waals surface area contributed by atoms with Gasteiger partial charge in [-0.1, -0.05) is 23.4 Å². The first-order chi connectivity index (χ1) is 13.0. The van der Waals surface area contributed by atoms with Crippen LogP contribution in [0.25, 0.3) is 0 Å². The van der Waals surface area contributed by atoms with E-state index >= 15 is 0 Å². The second-order valence-corrected chi connectivity index (χ2v) is 6.41. The molecule has 0 fully saturated rings. The molecule has 0 aliphatic heterocycles. The van der Waals surface area contributed by atoms with Gasteiger partial charge in [0.05, 0.1) is 11.7 Å². The molecule has 1 aromatic carbocycles. The molecule has 3 aromatic rings. The molecule has 140 valence electrons. The molecule has 0 N–H and O–H groups in total. The van der Waals surface area contributed by atoms with Crippen molar-refractivity contribution < 1.29 is 14.1 Å². The number of benzene rings is 1. The van der Waals surface area contributed by atoms with E-state index < -0.39 is 0 Å². The van der Waals surface area contributed by atoms with Gasteiger partial charge in [-0.25, -0.2) is 9.97 Å². The van der Waals surface area contributed by atoms with Gasteiger partial charge < -0.3 is 14.2 Å². The second kappa shape index (κ2) is 7.99. The van der Waals surface area contributed by atoms with E-state index in [4.69, 9.17) is 9.26 Å². The molecule has 0 unspecified atom stereocenters. The molecule has 3 rings (SSSR count). The summed E-state index contributed by atoms with van der Waals surface area (Å²) in [6.45, 7) is 6.07. The van der Waals surface area contributed by atoms with E-state index in [1.807, 2.05) is 39.0 Å². The average Bonchev–Trinajstić information content (AvgIpc) is 3.15. The summed E-state index contributed by atoms with van der Waals surface area (Å²) in [5, 5.41) is 3.89. The maximum atomic E-state index is 12.7. The van der Waals surface area contributed by atoms with Crippen LogP contribution >= 0.6 is 0 Å². The van der Waals surface area contributed by atoms with E-state index in [0.29, 0.717) is 5.76 Å². The Balaban J connectivity index is 1.67. The predicted molar refractivity (Wildman–Crippen MR) is 99.3 cm³/mol. The molecule has 0 saturated heterocycles. The summed E-state index contributed by atoms with van der Waals surface area (Å²) >= 11 is 0. The van der Waals surface area contributed by atoms with Gasteiger partial charge in [0, 0.05) is 19.3 Å². The van der Waals surface area contributed by atoms with Gasteiger partial charge in [0.1, 0.15) is 18.7 Å². The van der Waals surface area contributed by atoms with Gasteiger partial charge in [-0.2, -0.15) is 0 Å². The molecule has 7 nitrogen and oxygen atoms in total. The summed E-state index contributed by atoms with van der Waals surface area (Å²) < 4.78 is 11.1. The van der Waals surface area contributed by atoms with Crippen LogP contribution in [0.3, 0.4) is 0 Å². The first-order valence-electron chi connectivity index (χ1n) is 8.65. The Morgan fingerprint density at radius 3 is 2.67 bits per heavy atom. The summed E-state index contributed by atoms with van der Waals surface area (Å²) in [4.78, 5) is 22.3. The molecule has 0 aliphatic rings. The Hall–Kier alpha value is -3.22. The van der Waals surface area contributed by atoms with Crippen LogP contribution in [0.1, 0.15) is 46.0 Å². The third-order valence-corrected chi connectivity index (χ3v) is 4.48. The summed E-state index contributed by atoms with van der Waals surface area (Å²) in [5.41, 5.74) is 3.08. The highest BCUT2D eigenvalue weighted by Crippen LogP contribution is 2.24. The Bertz CT molecular complexity index is 904. The van der Waals surface area contributed by atoms with Crippen LogP contribution in [0.4, 0.5) is 0 Å². The lowest BCUT2D eigenvalue weighted by Gasteiger charge is -2.23. The molecular weight excluding hydrogens is 344 g/mol. The zero-order valence-corrected chi connectivity index (χ0v) is 15.8. The molecule has 1 atom stereocenters. The standard InChI is InChI=1S/C20H22N4O3/c1-13-6-5-7-14(2)19(13)26-11-16-10-18(23-27-16)20(25)24(4)15(3)17-8-9-21-12-22-17/h5-10,12,15H,11H2,1-4H3/t15-/m1/s1. The smallest absolute Gasteiger partial charge is 0.276 e. The number of amides is 1. The van der Waals surface area contributed by atoms with Crippen molar-refractivity contribution in [1.82, 2.24) is 20.0 Å². The highest BCUT2D eigenvalue weighted by atomic mass is 16.5. The van der Waals surface area contributed by atoms with Crippen LogP contribution in [-0.2, 0) is 6.61 Å². The molecule has 0 spiro atoms. The number of carbonyl (C=O) groups excluding carboxylic acids is 1. The van der Waals surface area contributed by atoms with Crippen molar-refractivity contribution in [1.29, 1.82) is 0 Å². The second-order valence-electron chi connectivity index (χ2n) is 6.41. The quantitative estimate of drug-likeness (QED) is 0.664. The Morgan fingerprint density at radius 1 is 1.26 bits per heavy atom. The molecule has 0 aliphatic carbocycles. The van der Waals surface area contributed by atoms with E-state index in [2.05, 4.69) is 15.1 Å². The van der Waals surface area contributed by atoms with E-state index in [1.165, 1.54) is 6.33 Å². The number of aromatic nitrogens is 3. The Morgan fingerprint density at radius 2 is 2.00 bits per heavy atom. The SMILES string of the molecule is Cc1cccc(C)c1OCc1cc(C(=O)N(C)[C@H](C)c2ccncn2)no1. The number of hydrogen-bond donors (Lipinski definition) is 0. The van der Waals surface area contributed by atoms with Crippen molar-refractivity contribution in [2.75, 3.05) is 7.05 Å². The number of nitrogens with zero attached hydrogens (tertiary/aromatic N) is 4. The predicted octanol–water partition coefficient (Wildman–Crippen LogP) is 3.49. The lowest BCUT2D eigenvalue weighted by atomic mass is 10.1. The van der Waals surface area contributed by atoms with E-state index in [0.717, 1.165) is 22.6 Å². The normalized spacial score (nSPS) is 11.9. The molecule has 7 heteroatoms. The summed E-state index contributed by atoms with van der Waals surface area (Å²) in [6.07, 6.45) is 3.11. The molecule has 2 heterocycles. The van der Waals surface area contributed by atoms with Crippen molar-refractivity contribution >= 4 is 5.91 Å². The maximum absolute atomic E-state index is 12.7.